The molecule has 0 amide bonds. The molecule has 5 unspecified atom stereocenters. The minimum Gasteiger partial charge on any atom is -0.497 e. The Morgan fingerprint density at radius 1 is 1.15 bits per heavy atom. The summed E-state index contributed by atoms with van der Waals surface area (Å²) in [7, 11) is 2.71. The number of nitrogens with zero attached hydrogens (tertiary/aromatic N) is 1. The third kappa shape index (κ3) is 5.04. The van der Waals surface area contributed by atoms with Crippen molar-refractivity contribution in [1.29, 1.82) is 0 Å². The fourth-order valence-corrected chi connectivity index (χ4v) is 6.73. The molecule has 1 aromatic carbocycles. The molecule has 0 saturated carbocycles. The number of carbonyl (C=O) groups excluding carboxylic acids is 2. The average molecular weight is 562 g/mol. The third-order valence-electron chi connectivity index (χ3n) is 8.89. The predicted molar refractivity (Wildman–Crippen MR) is 141 cm³/mol. The number of aliphatic hydroxyl groups excluding tert-OH is 1. The first-order valence-electron chi connectivity index (χ1n) is 13.8. The van der Waals surface area contributed by atoms with Crippen LogP contribution >= 0.6 is 0 Å². The molecule has 1 aliphatic carbocycles. The number of ether oxygens (including phenoxy) is 5. The Morgan fingerprint density at radius 3 is 2.60 bits per heavy atom. The van der Waals surface area contributed by atoms with Crippen LogP contribution in [0, 0.1) is 0 Å². The van der Waals surface area contributed by atoms with Gasteiger partial charge in [-0.15, -0.1) is 0 Å². The van der Waals surface area contributed by atoms with Crippen molar-refractivity contribution in [3.05, 3.63) is 35.1 Å². The maximum Gasteiger partial charge on any atom is 0.339 e. The highest BCUT2D eigenvalue weighted by molar-refractivity contribution is 5.86. The molecule has 5 atom stereocenters. The van der Waals surface area contributed by atoms with E-state index in [0.29, 0.717) is 17.3 Å². The summed E-state index contributed by atoms with van der Waals surface area (Å²) in [6.07, 6.45) is 3.27. The van der Waals surface area contributed by atoms with E-state index in [9.17, 15) is 24.9 Å². The lowest BCUT2D eigenvalue weighted by Gasteiger charge is -2.39. The summed E-state index contributed by atoms with van der Waals surface area (Å²) >= 11 is 0. The van der Waals surface area contributed by atoms with Gasteiger partial charge >= 0.3 is 11.9 Å². The maximum atomic E-state index is 13.8. The Kier molecular flexibility index (Phi) is 7.77. The van der Waals surface area contributed by atoms with Gasteiger partial charge in [0.15, 0.2) is 23.2 Å². The summed E-state index contributed by atoms with van der Waals surface area (Å²) in [5.41, 5.74) is -1.99. The van der Waals surface area contributed by atoms with Crippen molar-refractivity contribution >= 4 is 11.9 Å². The molecule has 0 bridgehead atoms. The Bertz CT molecular complexity index is 1180. The molecular weight excluding hydrogens is 522 g/mol. The van der Waals surface area contributed by atoms with Crippen LogP contribution in [0.4, 0.5) is 0 Å². The number of rotatable bonds is 10. The minimum atomic E-state index is -2.20. The molecule has 1 spiro atoms. The van der Waals surface area contributed by atoms with Crippen molar-refractivity contribution in [2.75, 3.05) is 40.7 Å². The maximum absolute atomic E-state index is 13.8. The Balaban J connectivity index is 1.49. The minimum absolute atomic E-state index is 0.105. The summed E-state index contributed by atoms with van der Waals surface area (Å²) < 4.78 is 28.0. The molecule has 1 saturated heterocycles. The summed E-state index contributed by atoms with van der Waals surface area (Å²) in [4.78, 5) is 28.4. The molecule has 1 fully saturated rings. The first-order valence-corrected chi connectivity index (χ1v) is 13.8. The number of hydrogen-bond donors (Lipinski definition) is 3. The first kappa shape index (κ1) is 28.7. The van der Waals surface area contributed by atoms with E-state index in [-0.39, 0.29) is 32.0 Å². The molecular formula is C29H39NO10. The summed E-state index contributed by atoms with van der Waals surface area (Å²) in [5, 5.41) is 31.1. The standard InChI is InChI=1S/C29H39NO10/c1-27(34,16-31)7-4-9-29(35,15-23(32)37-3)26(33)40-25-22(36-2)14-28-8-5-10-30(28)11-6-18-12-20-21(39-17-38-20)13-19(18)24(25)28/h12-14,24-25,31,34-35H,4-11,15-17H2,1-3H3. The quantitative estimate of drug-likeness (QED) is 0.358. The highest BCUT2D eigenvalue weighted by atomic mass is 16.7. The Morgan fingerprint density at radius 2 is 1.90 bits per heavy atom. The van der Waals surface area contributed by atoms with Crippen LogP contribution in [0.3, 0.4) is 0 Å². The monoisotopic (exact) mass is 561 g/mol. The smallest absolute Gasteiger partial charge is 0.339 e. The Hall–Kier alpha value is -2.86. The number of benzene rings is 1. The SMILES string of the molecule is COC(=O)CC(O)(CCCC(C)(O)CO)C(=O)OC1C(OC)=CC23CCCN2CCc2cc4c(cc2C13)OCO4. The zero-order chi connectivity index (χ0) is 28.7. The van der Waals surface area contributed by atoms with Crippen molar-refractivity contribution in [2.24, 2.45) is 0 Å². The third-order valence-corrected chi connectivity index (χ3v) is 8.89. The van der Waals surface area contributed by atoms with E-state index < -0.39 is 47.8 Å². The highest BCUT2D eigenvalue weighted by Crippen LogP contribution is 2.55. The van der Waals surface area contributed by atoms with E-state index in [1.165, 1.54) is 21.1 Å². The van der Waals surface area contributed by atoms with Crippen LogP contribution < -0.4 is 9.47 Å². The van der Waals surface area contributed by atoms with Gasteiger partial charge in [-0.2, -0.15) is 0 Å². The van der Waals surface area contributed by atoms with Gasteiger partial charge in [0.25, 0.3) is 0 Å². The van der Waals surface area contributed by atoms with E-state index in [1.807, 2.05) is 12.1 Å². The average Bonchev–Trinajstić information content (AvgIpc) is 3.62. The highest BCUT2D eigenvalue weighted by Gasteiger charge is 2.59. The summed E-state index contributed by atoms with van der Waals surface area (Å²) in [5.74, 6) is -0.268. The number of aliphatic hydroxyl groups is 3. The van der Waals surface area contributed by atoms with Gasteiger partial charge in [-0.1, -0.05) is 0 Å². The predicted octanol–water partition coefficient (Wildman–Crippen LogP) is 1.55. The van der Waals surface area contributed by atoms with Crippen LogP contribution in [0.5, 0.6) is 11.5 Å². The second-order valence-corrected chi connectivity index (χ2v) is 11.6. The first-order chi connectivity index (χ1) is 19.1. The van der Waals surface area contributed by atoms with Crippen molar-refractivity contribution < 1.29 is 48.6 Å². The molecule has 40 heavy (non-hydrogen) atoms. The van der Waals surface area contributed by atoms with Crippen LogP contribution in [0.15, 0.2) is 24.0 Å². The lowest BCUT2D eigenvalue weighted by molar-refractivity contribution is -0.178. The van der Waals surface area contributed by atoms with Gasteiger partial charge in [0.05, 0.1) is 44.3 Å². The van der Waals surface area contributed by atoms with Crippen LogP contribution in [0.25, 0.3) is 0 Å². The number of carbonyl (C=O) groups is 2. The van der Waals surface area contributed by atoms with Crippen molar-refractivity contribution in [1.82, 2.24) is 4.90 Å². The molecule has 0 aromatic heterocycles. The van der Waals surface area contributed by atoms with E-state index in [4.69, 9.17) is 23.7 Å². The van der Waals surface area contributed by atoms with Gasteiger partial charge in [-0.3, -0.25) is 9.69 Å². The van der Waals surface area contributed by atoms with Gasteiger partial charge < -0.3 is 39.0 Å². The van der Waals surface area contributed by atoms with Crippen molar-refractivity contribution in [3.8, 4) is 11.5 Å². The van der Waals surface area contributed by atoms with Crippen molar-refractivity contribution in [3.63, 3.8) is 0 Å². The van der Waals surface area contributed by atoms with Gasteiger partial charge in [0.2, 0.25) is 6.79 Å². The largest absolute Gasteiger partial charge is 0.497 e. The van der Waals surface area contributed by atoms with E-state index >= 15 is 0 Å². The number of hydrogen-bond acceptors (Lipinski definition) is 11. The molecule has 220 valence electrons. The molecule has 3 heterocycles. The number of methoxy groups -OCH3 is 2. The van der Waals surface area contributed by atoms with Crippen LogP contribution in [-0.4, -0.2) is 95.7 Å². The second kappa shape index (κ2) is 10.8. The molecule has 3 aliphatic heterocycles. The van der Waals surface area contributed by atoms with E-state index in [2.05, 4.69) is 11.0 Å². The lowest BCUT2D eigenvalue weighted by Crippen LogP contribution is -2.49. The van der Waals surface area contributed by atoms with Crippen LogP contribution in [0.2, 0.25) is 0 Å². The molecule has 4 aliphatic rings. The number of fused-ring (bicyclic) bond motifs is 3. The summed E-state index contributed by atoms with van der Waals surface area (Å²) in [6.45, 7) is 2.83. The van der Waals surface area contributed by atoms with Gasteiger partial charge in [0, 0.05) is 6.54 Å². The zero-order valence-corrected chi connectivity index (χ0v) is 23.3. The van der Waals surface area contributed by atoms with E-state index in [1.54, 1.807) is 0 Å². The molecule has 11 heteroatoms. The van der Waals surface area contributed by atoms with Crippen LogP contribution in [0.1, 0.15) is 62.5 Å². The second-order valence-electron chi connectivity index (χ2n) is 11.6. The van der Waals surface area contributed by atoms with Crippen LogP contribution in [-0.2, 0) is 30.2 Å². The van der Waals surface area contributed by atoms with Crippen molar-refractivity contribution in [2.45, 2.75) is 80.6 Å². The lowest BCUT2D eigenvalue weighted by atomic mass is 9.77. The fraction of sp³-hybridized carbons (Fsp3) is 0.655. The van der Waals surface area contributed by atoms with E-state index in [0.717, 1.165) is 43.5 Å². The molecule has 5 rings (SSSR count). The number of esters is 2. The Labute approximate surface area is 233 Å². The fourth-order valence-electron chi connectivity index (χ4n) is 6.73. The summed E-state index contributed by atoms with van der Waals surface area (Å²) in [6, 6.07) is 3.97. The molecule has 11 nitrogen and oxygen atoms in total. The molecule has 1 aromatic rings. The van der Waals surface area contributed by atoms with Gasteiger partial charge in [-0.05, 0) is 81.3 Å². The topological polar surface area (TPSA) is 144 Å². The van der Waals surface area contributed by atoms with Gasteiger partial charge in [0.1, 0.15) is 5.76 Å². The van der Waals surface area contributed by atoms with Gasteiger partial charge in [-0.25, -0.2) is 4.79 Å². The zero-order valence-electron chi connectivity index (χ0n) is 23.3. The molecule has 3 N–H and O–H groups in total. The molecule has 0 radical (unpaired) electrons. The normalized spacial score (nSPS) is 27.8.